The van der Waals surface area contributed by atoms with Crippen molar-refractivity contribution in [3.05, 3.63) is 23.3 Å². The largest absolute Gasteiger partial charge is 0.411 e. The summed E-state index contributed by atoms with van der Waals surface area (Å²) in [5.41, 5.74) is 0.155. The van der Waals surface area contributed by atoms with Crippen LogP contribution in [0.15, 0.2) is 28.4 Å². The standard InChI is InChI=1S/C7H5Cl2NO2/c8-4-1-2-5(7(9)11)6(3-4)10-12/h1-3,5,12H. The third-order valence-corrected chi connectivity index (χ3v) is 1.88. The summed E-state index contributed by atoms with van der Waals surface area (Å²) < 4.78 is 0. The Labute approximate surface area is 79.0 Å². The second-order valence-electron chi connectivity index (χ2n) is 2.19. The lowest BCUT2D eigenvalue weighted by atomic mass is 10.0. The van der Waals surface area contributed by atoms with Gasteiger partial charge in [-0.25, -0.2) is 0 Å². The molecule has 3 nitrogen and oxygen atoms in total. The topological polar surface area (TPSA) is 49.7 Å². The molecule has 5 heteroatoms. The van der Waals surface area contributed by atoms with Crippen LogP contribution < -0.4 is 0 Å². The minimum Gasteiger partial charge on any atom is -0.411 e. The fraction of sp³-hybridized carbons (Fsp3) is 0.143. The van der Waals surface area contributed by atoms with Gasteiger partial charge in [0.15, 0.2) is 0 Å². The Bertz CT molecular complexity index is 294. The highest BCUT2D eigenvalue weighted by molar-refractivity contribution is 6.66. The van der Waals surface area contributed by atoms with Crippen molar-refractivity contribution in [2.75, 3.05) is 0 Å². The van der Waals surface area contributed by atoms with Gasteiger partial charge in [0.05, 0.1) is 11.6 Å². The summed E-state index contributed by atoms with van der Waals surface area (Å²) in [6.45, 7) is 0. The van der Waals surface area contributed by atoms with Crippen LogP contribution in [0.5, 0.6) is 0 Å². The summed E-state index contributed by atoms with van der Waals surface area (Å²) in [6, 6.07) is 0. The zero-order valence-electron chi connectivity index (χ0n) is 5.87. The number of carbonyl (C=O) groups excluding carboxylic acids is 1. The molecule has 1 N–H and O–H groups in total. The highest BCUT2D eigenvalue weighted by atomic mass is 35.5. The van der Waals surface area contributed by atoms with Crippen molar-refractivity contribution >= 4 is 34.2 Å². The number of allylic oxidation sites excluding steroid dienone is 4. The van der Waals surface area contributed by atoms with Crippen molar-refractivity contribution in [1.82, 2.24) is 0 Å². The average molecular weight is 206 g/mol. The molecule has 0 aliphatic heterocycles. The van der Waals surface area contributed by atoms with Gasteiger partial charge >= 0.3 is 0 Å². The lowest BCUT2D eigenvalue weighted by molar-refractivity contribution is -0.112. The first-order valence-electron chi connectivity index (χ1n) is 3.12. The predicted molar refractivity (Wildman–Crippen MR) is 46.6 cm³/mol. The van der Waals surface area contributed by atoms with Gasteiger partial charge in [0.25, 0.3) is 0 Å². The average Bonchev–Trinajstić information content (AvgIpc) is 2.03. The van der Waals surface area contributed by atoms with Gasteiger partial charge in [-0.05, 0) is 23.8 Å². The Balaban J connectivity index is 2.96. The van der Waals surface area contributed by atoms with Crippen LogP contribution in [0.1, 0.15) is 0 Å². The molecule has 12 heavy (non-hydrogen) atoms. The highest BCUT2D eigenvalue weighted by Gasteiger charge is 2.21. The van der Waals surface area contributed by atoms with E-state index in [1.807, 2.05) is 0 Å². The van der Waals surface area contributed by atoms with Crippen molar-refractivity contribution in [3.8, 4) is 0 Å². The van der Waals surface area contributed by atoms with E-state index >= 15 is 0 Å². The van der Waals surface area contributed by atoms with Crippen LogP contribution in [0, 0.1) is 5.92 Å². The molecule has 64 valence electrons. The highest BCUT2D eigenvalue weighted by Crippen LogP contribution is 2.18. The third kappa shape index (κ3) is 1.87. The lowest BCUT2D eigenvalue weighted by Gasteiger charge is -2.09. The number of rotatable bonds is 1. The van der Waals surface area contributed by atoms with Gasteiger partial charge in [-0.3, -0.25) is 4.79 Å². The molecule has 0 bridgehead atoms. The minimum absolute atomic E-state index is 0.155. The molecule has 1 aliphatic rings. The van der Waals surface area contributed by atoms with Crippen LogP contribution in [0.3, 0.4) is 0 Å². The molecular weight excluding hydrogens is 201 g/mol. The molecule has 0 heterocycles. The Kier molecular flexibility index (Phi) is 2.89. The van der Waals surface area contributed by atoms with E-state index < -0.39 is 11.2 Å². The molecule has 0 saturated carbocycles. The minimum atomic E-state index is -0.695. The van der Waals surface area contributed by atoms with Crippen molar-refractivity contribution in [1.29, 1.82) is 0 Å². The molecule has 0 aromatic carbocycles. The molecule has 0 radical (unpaired) electrons. The summed E-state index contributed by atoms with van der Waals surface area (Å²) in [6.07, 6.45) is 4.39. The SMILES string of the molecule is O=C(Cl)C1C=CC(Cl)=CC1=NO. The molecule has 0 aromatic heterocycles. The molecule has 0 fully saturated rings. The number of hydrogen-bond acceptors (Lipinski definition) is 3. The molecule has 1 rings (SSSR count). The van der Waals surface area contributed by atoms with E-state index in [0.717, 1.165) is 0 Å². The van der Waals surface area contributed by atoms with Gasteiger partial charge in [0.1, 0.15) is 0 Å². The van der Waals surface area contributed by atoms with Gasteiger partial charge in [0.2, 0.25) is 5.24 Å². The molecule has 0 spiro atoms. The van der Waals surface area contributed by atoms with E-state index in [0.29, 0.717) is 5.03 Å². The Hall–Kier alpha value is -0.800. The predicted octanol–water partition coefficient (Wildman–Crippen LogP) is 1.89. The first-order chi connectivity index (χ1) is 5.65. The zero-order valence-corrected chi connectivity index (χ0v) is 7.38. The fourth-order valence-electron chi connectivity index (χ4n) is 0.849. The Morgan fingerprint density at radius 3 is 2.83 bits per heavy atom. The smallest absolute Gasteiger partial charge is 0.234 e. The summed E-state index contributed by atoms with van der Waals surface area (Å²) in [7, 11) is 0. The van der Waals surface area contributed by atoms with Gasteiger partial charge in [0, 0.05) is 5.03 Å². The first-order valence-corrected chi connectivity index (χ1v) is 3.87. The molecule has 0 saturated heterocycles. The molecule has 1 unspecified atom stereocenters. The maximum atomic E-state index is 10.7. The zero-order chi connectivity index (χ0) is 9.14. The second-order valence-corrected chi connectivity index (χ2v) is 3.00. The van der Waals surface area contributed by atoms with Crippen LogP contribution >= 0.6 is 23.2 Å². The molecule has 0 amide bonds. The van der Waals surface area contributed by atoms with E-state index in [9.17, 15) is 4.79 Å². The summed E-state index contributed by atoms with van der Waals surface area (Å²) in [4.78, 5) is 10.7. The van der Waals surface area contributed by atoms with Gasteiger partial charge in [-0.1, -0.05) is 22.8 Å². The van der Waals surface area contributed by atoms with Crippen molar-refractivity contribution in [2.45, 2.75) is 0 Å². The summed E-state index contributed by atoms with van der Waals surface area (Å²) in [5, 5.41) is 11.2. The van der Waals surface area contributed by atoms with Crippen LogP contribution in [-0.2, 0) is 4.79 Å². The monoisotopic (exact) mass is 205 g/mol. The second kappa shape index (κ2) is 3.74. The van der Waals surface area contributed by atoms with Crippen LogP contribution in [0.2, 0.25) is 0 Å². The van der Waals surface area contributed by atoms with E-state index in [1.54, 1.807) is 0 Å². The maximum absolute atomic E-state index is 10.7. The molecular formula is C7H5Cl2NO2. The number of halogens is 2. The van der Waals surface area contributed by atoms with Crippen LogP contribution in [0.25, 0.3) is 0 Å². The summed E-state index contributed by atoms with van der Waals surface area (Å²) in [5.74, 6) is -0.695. The number of oxime groups is 1. The van der Waals surface area contributed by atoms with E-state index in [4.69, 9.17) is 28.4 Å². The van der Waals surface area contributed by atoms with E-state index in [2.05, 4.69) is 5.16 Å². The molecule has 0 aromatic rings. The lowest BCUT2D eigenvalue weighted by Crippen LogP contribution is -2.18. The van der Waals surface area contributed by atoms with Crippen molar-refractivity contribution in [2.24, 2.45) is 11.1 Å². The normalized spacial score (nSPS) is 25.7. The Morgan fingerprint density at radius 2 is 2.33 bits per heavy atom. The third-order valence-electron chi connectivity index (χ3n) is 1.41. The number of carbonyl (C=O) groups is 1. The Morgan fingerprint density at radius 1 is 1.67 bits per heavy atom. The van der Waals surface area contributed by atoms with Crippen molar-refractivity contribution in [3.63, 3.8) is 0 Å². The molecule has 1 atom stereocenters. The first kappa shape index (κ1) is 9.29. The van der Waals surface area contributed by atoms with Crippen molar-refractivity contribution < 1.29 is 10.0 Å². The van der Waals surface area contributed by atoms with E-state index in [-0.39, 0.29) is 5.71 Å². The fourth-order valence-corrected chi connectivity index (χ4v) is 1.22. The maximum Gasteiger partial charge on any atom is 0.234 e. The van der Waals surface area contributed by atoms with E-state index in [1.165, 1.54) is 18.2 Å². The van der Waals surface area contributed by atoms with Gasteiger partial charge in [-0.15, -0.1) is 0 Å². The quantitative estimate of drug-likeness (QED) is 0.404. The number of hydrogen-bond donors (Lipinski definition) is 1. The number of nitrogens with zero attached hydrogens (tertiary/aromatic N) is 1. The van der Waals surface area contributed by atoms with Gasteiger partial charge < -0.3 is 5.21 Å². The summed E-state index contributed by atoms with van der Waals surface area (Å²) >= 11 is 10.8. The van der Waals surface area contributed by atoms with Gasteiger partial charge in [-0.2, -0.15) is 0 Å². The molecule has 1 aliphatic carbocycles. The van der Waals surface area contributed by atoms with Crippen LogP contribution in [-0.4, -0.2) is 16.2 Å². The van der Waals surface area contributed by atoms with Crippen LogP contribution in [0.4, 0.5) is 0 Å².